The number of nitrogens with one attached hydrogen (secondary N) is 2. The van der Waals surface area contributed by atoms with Gasteiger partial charge in [0.1, 0.15) is 0 Å². The highest BCUT2D eigenvalue weighted by molar-refractivity contribution is 5.98. The van der Waals surface area contributed by atoms with E-state index in [-0.39, 0.29) is 6.04 Å². The number of benzene rings is 1. The van der Waals surface area contributed by atoms with E-state index < -0.39 is 24.0 Å². The summed E-state index contributed by atoms with van der Waals surface area (Å²) >= 11 is 0. The van der Waals surface area contributed by atoms with Crippen LogP contribution in [0.3, 0.4) is 0 Å². The van der Waals surface area contributed by atoms with Gasteiger partial charge in [-0.15, -0.1) is 0 Å². The zero-order chi connectivity index (χ0) is 18.4. The van der Waals surface area contributed by atoms with Gasteiger partial charge >= 0.3 is 12.0 Å². The first-order chi connectivity index (χ1) is 11.9. The van der Waals surface area contributed by atoms with Gasteiger partial charge in [0.25, 0.3) is 5.91 Å². The molecule has 2 rings (SSSR count). The first-order valence-corrected chi connectivity index (χ1v) is 8.76. The van der Waals surface area contributed by atoms with Crippen molar-refractivity contribution in [3.05, 3.63) is 34.9 Å². The maximum atomic E-state index is 12.2. The average molecular weight is 346 g/mol. The quantitative estimate of drug-likeness (QED) is 0.821. The predicted octanol–water partition coefficient (Wildman–Crippen LogP) is 3.01. The van der Waals surface area contributed by atoms with Crippen LogP contribution in [-0.4, -0.2) is 30.1 Å². The maximum Gasteiger partial charge on any atom is 0.339 e. The van der Waals surface area contributed by atoms with Crippen molar-refractivity contribution < 1.29 is 19.1 Å². The standard InChI is InChI=1S/C19H26N2O4/c1-12-9-10-13(2)16(11-12)18(23)25-14(3)17(22)21-19(24)20-15-7-5-4-6-8-15/h9-11,14-15H,4-8H2,1-3H3,(H2,20,21,22,24)/t14-/m0/s1. The Kier molecular flexibility index (Phi) is 6.56. The third-order valence-corrected chi connectivity index (χ3v) is 4.44. The van der Waals surface area contributed by atoms with Crippen LogP contribution >= 0.6 is 0 Å². The minimum Gasteiger partial charge on any atom is -0.449 e. The molecule has 0 bridgehead atoms. The number of hydrogen-bond donors (Lipinski definition) is 2. The Bertz CT molecular complexity index is 651. The molecule has 1 aliphatic rings. The molecule has 1 atom stereocenters. The lowest BCUT2D eigenvalue weighted by atomic mass is 9.96. The first-order valence-electron chi connectivity index (χ1n) is 8.76. The molecule has 1 fully saturated rings. The average Bonchev–Trinajstić information content (AvgIpc) is 2.57. The summed E-state index contributed by atoms with van der Waals surface area (Å²) in [5.74, 6) is -1.21. The van der Waals surface area contributed by atoms with Gasteiger partial charge < -0.3 is 10.1 Å². The van der Waals surface area contributed by atoms with Gasteiger partial charge in [0, 0.05) is 6.04 Å². The number of imide groups is 1. The molecule has 0 spiro atoms. The highest BCUT2D eigenvalue weighted by Crippen LogP contribution is 2.17. The number of rotatable bonds is 4. The molecule has 6 heteroatoms. The van der Waals surface area contributed by atoms with Crippen LogP contribution in [0.1, 0.15) is 60.5 Å². The fourth-order valence-electron chi connectivity index (χ4n) is 2.92. The van der Waals surface area contributed by atoms with E-state index in [9.17, 15) is 14.4 Å². The van der Waals surface area contributed by atoms with Crippen LogP contribution in [0.5, 0.6) is 0 Å². The van der Waals surface area contributed by atoms with Crippen LogP contribution < -0.4 is 10.6 Å². The summed E-state index contributed by atoms with van der Waals surface area (Å²) in [6.45, 7) is 5.13. The second-order valence-corrected chi connectivity index (χ2v) is 6.66. The van der Waals surface area contributed by atoms with Crippen LogP contribution in [0.4, 0.5) is 4.79 Å². The Morgan fingerprint density at radius 2 is 1.80 bits per heavy atom. The molecular formula is C19H26N2O4. The molecule has 0 aromatic heterocycles. The Hall–Kier alpha value is -2.37. The molecular weight excluding hydrogens is 320 g/mol. The predicted molar refractivity (Wildman–Crippen MR) is 94.3 cm³/mol. The van der Waals surface area contributed by atoms with E-state index in [0.717, 1.165) is 36.8 Å². The largest absolute Gasteiger partial charge is 0.449 e. The number of esters is 1. The van der Waals surface area contributed by atoms with Crippen LogP contribution in [0.25, 0.3) is 0 Å². The summed E-state index contributed by atoms with van der Waals surface area (Å²) in [6, 6.07) is 5.02. The van der Waals surface area contributed by atoms with Crippen LogP contribution in [0.2, 0.25) is 0 Å². The smallest absolute Gasteiger partial charge is 0.339 e. The molecule has 6 nitrogen and oxygen atoms in total. The van der Waals surface area contributed by atoms with Crippen molar-refractivity contribution in [3.8, 4) is 0 Å². The third kappa shape index (κ3) is 5.59. The number of hydrogen-bond acceptors (Lipinski definition) is 4. The van der Waals surface area contributed by atoms with Gasteiger partial charge in [-0.1, -0.05) is 37.0 Å². The van der Waals surface area contributed by atoms with Crippen molar-refractivity contribution in [2.24, 2.45) is 0 Å². The molecule has 136 valence electrons. The first kappa shape index (κ1) is 19.0. The lowest BCUT2D eigenvalue weighted by Gasteiger charge is -2.23. The number of carbonyl (C=O) groups excluding carboxylic acids is 3. The highest BCUT2D eigenvalue weighted by atomic mass is 16.5. The summed E-state index contributed by atoms with van der Waals surface area (Å²) in [6.07, 6.45) is 4.16. The van der Waals surface area contributed by atoms with E-state index >= 15 is 0 Å². The monoisotopic (exact) mass is 346 g/mol. The van der Waals surface area contributed by atoms with Gasteiger partial charge in [0.05, 0.1) is 5.56 Å². The molecule has 1 saturated carbocycles. The van der Waals surface area contributed by atoms with Crippen molar-refractivity contribution in [2.45, 2.75) is 65.0 Å². The zero-order valence-corrected chi connectivity index (χ0v) is 15.1. The second kappa shape index (κ2) is 8.65. The molecule has 1 aromatic rings. The van der Waals surface area contributed by atoms with Crippen LogP contribution in [0, 0.1) is 13.8 Å². The Balaban J connectivity index is 1.85. The molecule has 1 aliphatic carbocycles. The molecule has 1 aromatic carbocycles. The number of amides is 3. The summed E-state index contributed by atoms with van der Waals surface area (Å²) in [5.41, 5.74) is 2.13. The number of aryl methyl sites for hydroxylation is 2. The Labute approximate surface area is 148 Å². The minimum absolute atomic E-state index is 0.106. The SMILES string of the molecule is Cc1ccc(C)c(C(=O)O[C@@H](C)C(=O)NC(=O)NC2CCCCC2)c1. The molecule has 0 unspecified atom stereocenters. The topological polar surface area (TPSA) is 84.5 Å². The van der Waals surface area contributed by atoms with Gasteiger partial charge in [-0.05, 0) is 45.2 Å². The van der Waals surface area contributed by atoms with Crippen molar-refractivity contribution in [3.63, 3.8) is 0 Å². The fourth-order valence-corrected chi connectivity index (χ4v) is 2.92. The number of urea groups is 1. The van der Waals surface area contributed by atoms with Crippen molar-refractivity contribution in [2.75, 3.05) is 0 Å². The van der Waals surface area contributed by atoms with E-state index in [1.807, 2.05) is 19.1 Å². The summed E-state index contributed by atoms with van der Waals surface area (Å²) in [4.78, 5) is 36.2. The number of carbonyl (C=O) groups is 3. The molecule has 0 radical (unpaired) electrons. The van der Waals surface area contributed by atoms with Gasteiger partial charge in [0.15, 0.2) is 6.10 Å². The van der Waals surface area contributed by atoms with Crippen molar-refractivity contribution in [1.82, 2.24) is 10.6 Å². The second-order valence-electron chi connectivity index (χ2n) is 6.66. The Morgan fingerprint density at radius 1 is 1.12 bits per heavy atom. The van der Waals surface area contributed by atoms with Gasteiger partial charge in [-0.2, -0.15) is 0 Å². The third-order valence-electron chi connectivity index (χ3n) is 4.44. The molecule has 3 amide bonds. The summed E-state index contributed by atoms with van der Waals surface area (Å²) in [5, 5.41) is 5.04. The summed E-state index contributed by atoms with van der Waals surface area (Å²) < 4.78 is 5.19. The molecule has 0 aliphatic heterocycles. The van der Waals surface area contributed by atoms with Crippen LogP contribution in [0.15, 0.2) is 18.2 Å². The van der Waals surface area contributed by atoms with Crippen molar-refractivity contribution >= 4 is 17.9 Å². The zero-order valence-electron chi connectivity index (χ0n) is 15.1. The van der Waals surface area contributed by atoms with E-state index in [4.69, 9.17) is 4.74 Å². The fraction of sp³-hybridized carbons (Fsp3) is 0.526. The molecule has 0 heterocycles. The van der Waals surface area contributed by atoms with Gasteiger partial charge in [-0.25, -0.2) is 9.59 Å². The maximum absolute atomic E-state index is 12.2. The van der Waals surface area contributed by atoms with E-state index in [0.29, 0.717) is 5.56 Å². The molecule has 0 saturated heterocycles. The summed E-state index contributed by atoms with van der Waals surface area (Å²) in [7, 11) is 0. The van der Waals surface area contributed by atoms with Gasteiger partial charge in [0.2, 0.25) is 0 Å². The Morgan fingerprint density at radius 3 is 2.48 bits per heavy atom. The normalized spacial score (nSPS) is 16.0. The minimum atomic E-state index is -1.05. The van der Waals surface area contributed by atoms with E-state index in [1.165, 1.54) is 13.3 Å². The van der Waals surface area contributed by atoms with Crippen LogP contribution in [-0.2, 0) is 9.53 Å². The van der Waals surface area contributed by atoms with Crippen molar-refractivity contribution in [1.29, 1.82) is 0 Å². The lowest BCUT2D eigenvalue weighted by Crippen LogP contribution is -2.48. The van der Waals surface area contributed by atoms with E-state index in [1.54, 1.807) is 13.0 Å². The lowest BCUT2D eigenvalue weighted by molar-refractivity contribution is -0.127. The molecule has 2 N–H and O–H groups in total. The highest BCUT2D eigenvalue weighted by Gasteiger charge is 2.23. The molecule has 25 heavy (non-hydrogen) atoms. The van der Waals surface area contributed by atoms with Gasteiger partial charge in [-0.3, -0.25) is 10.1 Å². The van der Waals surface area contributed by atoms with E-state index in [2.05, 4.69) is 10.6 Å². The number of ether oxygens (including phenoxy) is 1.